The van der Waals surface area contributed by atoms with Crippen molar-refractivity contribution in [2.24, 2.45) is 5.73 Å². The Morgan fingerprint density at radius 2 is 1.88 bits per heavy atom. The van der Waals surface area contributed by atoms with Crippen LogP contribution < -0.4 is 16.4 Å². The summed E-state index contributed by atoms with van der Waals surface area (Å²) in [5, 5.41) is 7.52. The third-order valence-electron chi connectivity index (χ3n) is 6.17. The molecule has 174 valence electrons. The van der Waals surface area contributed by atoms with Gasteiger partial charge in [-0.05, 0) is 50.5 Å². The van der Waals surface area contributed by atoms with Gasteiger partial charge < -0.3 is 26.3 Å². The molecule has 1 fully saturated rings. The van der Waals surface area contributed by atoms with E-state index in [-0.39, 0.29) is 17.9 Å². The van der Waals surface area contributed by atoms with Crippen molar-refractivity contribution in [1.82, 2.24) is 15.2 Å². The number of nitrogens with zero attached hydrogens (tertiary/aromatic N) is 1. The van der Waals surface area contributed by atoms with Crippen molar-refractivity contribution in [2.45, 2.75) is 50.7 Å². The van der Waals surface area contributed by atoms with E-state index in [1.807, 2.05) is 65.7 Å². The number of aromatic amines is 1. The summed E-state index contributed by atoms with van der Waals surface area (Å²) in [4.78, 5) is 31.5. The number of amides is 2. The second kappa shape index (κ2) is 9.67. The van der Waals surface area contributed by atoms with Crippen molar-refractivity contribution in [2.75, 3.05) is 18.4 Å². The van der Waals surface area contributed by atoms with Gasteiger partial charge in [0.15, 0.2) is 0 Å². The number of hydrogen-bond donors (Lipinski definition) is 4. The Bertz CT molecular complexity index is 1100. The van der Waals surface area contributed by atoms with Gasteiger partial charge in [-0.1, -0.05) is 36.4 Å². The SMILES string of the molecule is CC(C)(N)C(=O)N[C@H](Cc1c[nH]c2ccccc12)C(=O)N1CCCC(Nc2ccccc2)C1. The smallest absolute Gasteiger partial charge is 0.245 e. The van der Waals surface area contributed by atoms with Gasteiger partial charge in [0.05, 0.1) is 5.54 Å². The molecule has 3 aromatic rings. The normalized spacial score (nSPS) is 17.5. The van der Waals surface area contributed by atoms with Gasteiger partial charge in [0.25, 0.3) is 0 Å². The maximum absolute atomic E-state index is 13.7. The fourth-order valence-corrected chi connectivity index (χ4v) is 4.35. The Kier molecular flexibility index (Phi) is 6.70. The molecule has 4 rings (SSSR count). The van der Waals surface area contributed by atoms with E-state index in [2.05, 4.69) is 15.6 Å². The number of fused-ring (bicyclic) bond motifs is 1. The topological polar surface area (TPSA) is 103 Å². The van der Waals surface area contributed by atoms with Crippen molar-refractivity contribution in [3.05, 3.63) is 66.4 Å². The van der Waals surface area contributed by atoms with E-state index in [0.717, 1.165) is 35.0 Å². The number of benzene rings is 2. The van der Waals surface area contributed by atoms with E-state index >= 15 is 0 Å². The third-order valence-corrected chi connectivity index (χ3v) is 6.17. The maximum Gasteiger partial charge on any atom is 0.245 e. The van der Waals surface area contributed by atoms with Gasteiger partial charge in [-0.25, -0.2) is 0 Å². The van der Waals surface area contributed by atoms with Crippen LogP contribution in [0.5, 0.6) is 0 Å². The number of rotatable bonds is 7. The van der Waals surface area contributed by atoms with E-state index < -0.39 is 11.6 Å². The van der Waals surface area contributed by atoms with E-state index in [0.29, 0.717) is 19.5 Å². The van der Waals surface area contributed by atoms with Crippen LogP contribution in [0.3, 0.4) is 0 Å². The molecule has 2 amide bonds. The summed E-state index contributed by atoms with van der Waals surface area (Å²) in [6.45, 7) is 4.57. The zero-order valence-electron chi connectivity index (χ0n) is 19.3. The number of nitrogens with two attached hydrogens (primary N) is 1. The lowest BCUT2D eigenvalue weighted by atomic mass is 9.99. The summed E-state index contributed by atoms with van der Waals surface area (Å²) in [6.07, 6.45) is 4.22. The van der Waals surface area contributed by atoms with Gasteiger partial charge in [-0.3, -0.25) is 9.59 Å². The fraction of sp³-hybridized carbons (Fsp3) is 0.385. The molecule has 0 bridgehead atoms. The van der Waals surface area contributed by atoms with Crippen molar-refractivity contribution in [1.29, 1.82) is 0 Å². The lowest BCUT2D eigenvalue weighted by Crippen LogP contribution is -2.58. The predicted molar refractivity (Wildman–Crippen MR) is 132 cm³/mol. The van der Waals surface area contributed by atoms with Crippen molar-refractivity contribution in [3.63, 3.8) is 0 Å². The first-order valence-electron chi connectivity index (χ1n) is 11.6. The highest BCUT2D eigenvalue weighted by Gasteiger charge is 2.33. The number of piperidine rings is 1. The van der Waals surface area contributed by atoms with E-state index in [1.165, 1.54) is 0 Å². The Morgan fingerprint density at radius 1 is 1.15 bits per heavy atom. The molecule has 2 heterocycles. The molecule has 7 heteroatoms. The van der Waals surface area contributed by atoms with Crippen LogP contribution in [-0.2, 0) is 16.0 Å². The first kappa shape index (κ1) is 22.9. The quantitative estimate of drug-likeness (QED) is 0.447. The van der Waals surface area contributed by atoms with Crippen molar-refractivity contribution in [3.8, 4) is 0 Å². The molecule has 0 radical (unpaired) electrons. The number of carbonyl (C=O) groups excluding carboxylic acids is 2. The van der Waals surface area contributed by atoms with Gasteiger partial charge in [-0.15, -0.1) is 0 Å². The lowest BCUT2D eigenvalue weighted by molar-refractivity contribution is -0.138. The highest BCUT2D eigenvalue weighted by molar-refractivity contribution is 5.92. The first-order valence-corrected chi connectivity index (χ1v) is 11.6. The first-order chi connectivity index (χ1) is 15.8. The minimum absolute atomic E-state index is 0.0718. The summed E-state index contributed by atoms with van der Waals surface area (Å²) in [5.74, 6) is -0.408. The average molecular weight is 448 g/mol. The van der Waals surface area contributed by atoms with Crippen molar-refractivity contribution < 1.29 is 9.59 Å². The molecule has 1 aliphatic heterocycles. The molecule has 0 aliphatic carbocycles. The number of anilines is 1. The summed E-state index contributed by atoms with van der Waals surface area (Å²) in [5.41, 5.74) is 8.00. The fourth-order valence-electron chi connectivity index (χ4n) is 4.35. The van der Waals surface area contributed by atoms with Crippen LogP contribution in [0.15, 0.2) is 60.8 Å². The van der Waals surface area contributed by atoms with Gasteiger partial charge in [0, 0.05) is 48.3 Å². The van der Waals surface area contributed by atoms with Crippen LogP contribution in [0, 0.1) is 0 Å². The number of aromatic nitrogens is 1. The monoisotopic (exact) mass is 447 g/mol. The summed E-state index contributed by atoms with van der Waals surface area (Å²) >= 11 is 0. The molecule has 0 saturated carbocycles. The highest BCUT2D eigenvalue weighted by atomic mass is 16.2. The van der Waals surface area contributed by atoms with Crippen molar-refractivity contribution >= 4 is 28.4 Å². The van der Waals surface area contributed by atoms with Gasteiger partial charge >= 0.3 is 0 Å². The summed E-state index contributed by atoms with van der Waals surface area (Å²) < 4.78 is 0. The number of nitrogens with one attached hydrogen (secondary N) is 3. The molecular formula is C26H33N5O2. The molecule has 33 heavy (non-hydrogen) atoms. The summed E-state index contributed by atoms with van der Waals surface area (Å²) in [6, 6.07) is 17.5. The number of hydrogen-bond acceptors (Lipinski definition) is 4. The molecular weight excluding hydrogens is 414 g/mol. The minimum atomic E-state index is -1.07. The molecule has 1 aliphatic rings. The molecule has 5 N–H and O–H groups in total. The largest absolute Gasteiger partial charge is 0.381 e. The number of para-hydroxylation sites is 2. The van der Waals surface area contributed by atoms with Crippen LogP contribution in [0.2, 0.25) is 0 Å². The van der Waals surface area contributed by atoms with E-state index in [4.69, 9.17) is 5.73 Å². The van der Waals surface area contributed by atoms with Crippen LogP contribution in [0.1, 0.15) is 32.3 Å². The molecule has 1 aromatic heterocycles. The lowest BCUT2D eigenvalue weighted by Gasteiger charge is -2.36. The second-order valence-corrected chi connectivity index (χ2v) is 9.45. The Balaban J connectivity index is 1.52. The zero-order valence-corrected chi connectivity index (χ0v) is 19.3. The zero-order chi connectivity index (χ0) is 23.4. The molecule has 2 atom stereocenters. The van der Waals surface area contributed by atoms with Gasteiger partial charge in [0.2, 0.25) is 11.8 Å². The standard InChI is InChI=1S/C26H33N5O2/c1-26(2,27)25(33)30-23(15-18-16-28-22-13-7-6-12-21(18)22)24(32)31-14-8-11-20(17-31)29-19-9-4-3-5-10-19/h3-7,9-10,12-13,16,20,23,28-29H,8,11,14-15,17,27H2,1-2H3,(H,30,33)/t20?,23-/m1/s1. The van der Waals surface area contributed by atoms with Gasteiger partial charge in [0.1, 0.15) is 6.04 Å². The maximum atomic E-state index is 13.7. The Hall–Kier alpha value is -3.32. The Labute approximate surface area is 194 Å². The van der Waals surface area contributed by atoms with Crippen LogP contribution in [-0.4, -0.2) is 52.4 Å². The molecule has 0 spiro atoms. The van der Waals surface area contributed by atoms with E-state index in [1.54, 1.807) is 13.8 Å². The average Bonchev–Trinajstić information content (AvgIpc) is 3.21. The van der Waals surface area contributed by atoms with Crippen LogP contribution in [0.25, 0.3) is 10.9 Å². The predicted octanol–water partition coefficient (Wildman–Crippen LogP) is 3.04. The molecule has 7 nitrogen and oxygen atoms in total. The number of H-pyrrole nitrogens is 1. The molecule has 2 aromatic carbocycles. The molecule has 1 unspecified atom stereocenters. The number of likely N-dealkylation sites (tertiary alicyclic amines) is 1. The second-order valence-electron chi connectivity index (χ2n) is 9.45. The minimum Gasteiger partial charge on any atom is -0.381 e. The van der Waals surface area contributed by atoms with Crippen LogP contribution >= 0.6 is 0 Å². The Morgan fingerprint density at radius 3 is 2.64 bits per heavy atom. The van der Waals surface area contributed by atoms with E-state index in [9.17, 15) is 9.59 Å². The summed E-state index contributed by atoms with van der Waals surface area (Å²) in [7, 11) is 0. The van der Waals surface area contributed by atoms with Gasteiger partial charge in [-0.2, -0.15) is 0 Å². The van der Waals surface area contributed by atoms with Crippen LogP contribution in [0.4, 0.5) is 5.69 Å². The third kappa shape index (κ3) is 5.54. The molecule has 1 saturated heterocycles. The highest BCUT2D eigenvalue weighted by Crippen LogP contribution is 2.21. The number of carbonyl (C=O) groups is 2.